The fraction of sp³-hybridized carbons (Fsp3) is 0.190. The van der Waals surface area contributed by atoms with E-state index in [-0.39, 0.29) is 5.91 Å². The van der Waals surface area contributed by atoms with Crippen LogP contribution in [0.4, 0.5) is 17.2 Å². The summed E-state index contributed by atoms with van der Waals surface area (Å²) < 4.78 is 0. The van der Waals surface area contributed by atoms with E-state index in [9.17, 15) is 4.79 Å². The van der Waals surface area contributed by atoms with E-state index in [4.69, 9.17) is 0 Å². The van der Waals surface area contributed by atoms with Crippen LogP contribution in [0.2, 0.25) is 0 Å². The van der Waals surface area contributed by atoms with Gasteiger partial charge in [0.2, 0.25) is 0 Å². The number of aromatic nitrogens is 2. The van der Waals surface area contributed by atoms with Gasteiger partial charge < -0.3 is 10.2 Å². The highest BCUT2D eigenvalue weighted by Gasteiger charge is 2.14. The summed E-state index contributed by atoms with van der Waals surface area (Å²) in [6.45, 7) is 6.79. The van der Waals surface area contributed by atoms with Gasteiger partial charge in [0.1, 0.15) is 17.8 Å². The van der Waals surface area contributed by atoms with Crippen molar-refractivity contribution in [1.82, 2.24) is 9.97 Å². The van der Waals surface area contributed by atoms with Crippen LogP contribution in [0.25, 0.3) is 0 Å². The minimum absolute atomic E-state index is 0.244. The number of hydrogen-bond acceptors (Lipinski definition) is 4. The number of carbonyl (C=O) groups excluding carboxylic acids is 1. The van der Waals surface area contributed by atoms with Crippen LogP contribution in [-0.4, -0.2) is 22.4 Å². The van der Waals surface area contributed by atoms with Crippen LogP contribution in [0.5, 0.6) is 0 Å². The molecule has 1 heterocycles. The molecular formula is C21H22N4O. The van der Waals surface area contributed by atoms with Gasteiger partial charge in [0.15, 0.2) is 0 Å². The number of carbonyl (C=O) groups is 1. The third kappa shape index (κ3) is 3.72. The molecule has 0 unspecified atom stereocenters. The first-order valence-corrected chi connectivity index (χ1v) is 8.62. The molecule has 0 spiro atoms. The minimum atomic E-state index is -0.244. The topological polar surface area (TPSA) is 58.1 Å². The number of para-hydroxylation sites is 1. The van der Waals surface area contributed by atoms with E-state index in [1.807, 2.05) is 74.2 Å². The zero-order valence-electron chi connectivity index (χ0n) is 15.2. The lowest BCUT2D eigenvalue weighted by molar-refractivity contribution is 0.102. The molecule has 5 nitrogen and oxygen atoms in total. The van der Waals surface area contributed by atoms with Crippen LogP contribution in [0.15, 0.2) is 60.9 Å². The molecule has 0 bridgehead atoms. The number of rotatable bonds is 5. The molecule has 0 aliphatic carbocycles. The fourth-order valence-electron chi connectivity index (χ4n) is 2.78. The number of nitrogens with one attached hydrogen (secondary N) is 1. The van der Waals surface area contributed by atoms with Crippen molar-refractivity contribution < 1.29 is 4.79 Å². The second-order valence-electron chi connectivity index (χ2n) is 6.04. The molecule has 0 radical (unpaired) electrons. The van der Waals surface area contributed by atoms with E-state index >= 15 is 0 Å². The first kappa shape index (κ1) is 17.6. The molecule has 3 aromatic rings. The number of nitrogens with zero attached hydrogens (tertiary/aromatic N) is 3. The SMILES string of the molecule is CCN(c1ccccc1)c1cc(C(=O)Nc2cccc(C)c2C)ncn1. The molecule has 2 aromatic carbocycles. The highest BCUT2D eigenvalue weighted by atomic mass is 16.1. The van der Waals surface area contributed by atoms with Crippen molar-refractivity contribution >= 4 is 23.1 Å². The monoisotopic (exact) mass is 346 g/mol. The van der Waals surface area contributed by atoms with Crippen molar-refractivity contribution in [1.29, 1.82) is 0 Å². The lowest BCUT2D eigenvalue weighted by Gasteiger charge is -2.22. The standard InChI is InChI=1S/C21H22N4O/c1-4-25(17-10-6-5-7-11-17)20-13-19(22-14-23-20)21(26)24-18-12-8-9-15(2)16(18)3/h5-14H,4H2,1-3H3,(H,24,26). The van der Waals surface area contributed by atoms with Gasteiger partial charge in [0.05, 0.1) is 0 Å². The van der Waals surface area contributed by atoms with Gasteiger partial charge in [-0.15, -0.1) is 0 Å². The summed E-state index contributed by atoms with van der Waals surface area (Å²) in [6.07, 6.45) is 1.43. The first-order chi connectivity index (χ1) is 12.6. The van der Waals surface area contributed by atoms with Crippen LogP contribution in [0.1, 0.15) is 28.5 Å². The fourth-order valence-corrected chi connectivity index (χ4v) is 2.78. The molecule has 132 valence electrons. The molecule has 0 aliphatic rings. The Labute approximate surface area is 153 Å². The van der Waals surface area contributed by atoms with E-state index in [0.29, 0.717) is 11.5 Å². The third-order valence-electron chi connectivity index (χ3n) is 4.40. The summed E-state index contributed by atoms with van der Waals surface area (Å²) in [5.41, 5.74) is 4.34. The summed E-state index contributed by atoms with van der Waals surface area (Å²) in [5, 5.41) is 2.94. The van der Waals surface area contributed by atoms with Gasteiger partial charge in [-0.3, -0.25) is 4.79 Å². The Morgan fingerprint density at radius 3 is 2.54 bits per heavy atom. The normalized spacial score (nSPS) is 10.4. The van der Waals surface area contributed by atoms with Gasteiger partial charge >= 0.3 is 0 Å². The number of anilines is 3. The van der Waals surface area contributed by atoms with Gasteiger partial charge in [-0.05, 0) is 50.1 Å². The number of aryl methyl sites for hydroxylation is 1. The van der Waals surface area contributed by atoms with Gasteiger partial charge in [-0.2, -0.15) is 0 Å². The van der Waals surface area contributed by atoms with Crippen molar-refractivity contribution in [3.05, 3.63) is 77.7 Å². The minimum Gasteiger partial charge on any atom is -0.327 e. The maximum atomic E-state index is 12.7. The van der Waals surface area contributed by atoms with E-state index in [0.717, 1.165) is 29.0 Å². The Morgan fingerprint density at radius 2 is 1.81 bits per heavy atom. The van der Waals surface area contributed by atoms with Gasteiger partial charge in [0.25, 0.3) is 5.91 Å². The maximum absolute atomic E-state index is 12.7. The van der Waals surface area contributed by atoms with Crippen LogP contribution in [0.3, 0.4) is 0 Å². The molecule has 0 saturated carbocycles. The van der Waals surface area contributed by atoms with Crippen LogP contribution >= 0.6 is 0 Å². The largest absolute Gasteiger partial charge is 0.327 e. The van der Waals surface area contributed by atoms with E-state index in [2.05, 4.69) is 15.3 Å². The Hall–Kier alpha value is -3.21. The molecule has 5 heteroatoms. The van der Waals surface area contributed by atoms with Gasteiger partial charge in [-0.25, -0.2) is 9.97 Å². The lowest BCUT2D eigenvalue weighted by atomic mass is 10.1. The molecule has 3 rings (SSSR count). The smallest absolute Gasteiger partial charge is 0.274 e. The predicted molar refractivity (Wildman–Crippen MR) is 105 cm³/mol. The molecule has 0 aliphatic heterocycles. The summed E-state index contributed by atoms with van der Waals surface area (Å²) in [7, 11) is 0. The average Bonchev–Trinajstić information content (AvgIpc) is 2.67. The zero-order valence-corrected chi connectivity index (χ0v) is 15.2. The van der Waals surface area contributed by atoms with Crippen molar-refractivity contribution in [2.24, 2.45) is 0 Å². The molecular weight excluding hydrogens is 324 g/mol. The second kappa shape index (κ2) is 7.78. The molecule has 0 fully saturated rings. The summed E-state index contributed by atoms with van der Waals surface area (Å²) >= 11 is 0. The Morgan fingerprint density at radius 1 is 1.04 bits per heavy atom. The van der Waals surface area contributed by atoms with Gasteiger partial charge in [0, 0.05) is 24.0 Å². The van der Waals surface area contributed by atoms with E-state index < -0.39 is 0 Å². The van der Waals surface area contributed by atoms with E-state index in [1.54, 1.807) is 6.07 Å². The predicted octanol–water partition coefficient (Wildman–Crippen LogP) is 4.50. The quantitative estimate of drug-likeness (QED) is 0.739. The van der Waals surface area contributed by atoms with Crippen LogP contribution in [0, 0.1) is 13.8 Å². The Bertz CT molecular complexity index is 909. The number of amides is 1. The van der Waals surface area contributed by atoms with E-state index in [1.165, 1.54) is 6.33 Å². The molecule has 1 amide bonds. The second-order valence-corrected chi connectivity index (χ2v) is 6.04. The first-order valence-electron chi connectivity index (χ1n) is 8.62. The van der Waals surface area contributed by atoms with Crippen LogP contribution in [-0.2, 0) is 0 Å². The molecule has 1 N–H and O–H groups in total. The Balaban J connectivity index is 1.86. The third-order valence-corrected chi connectivity index (χ3v) is 4.40. The molecule has 1 aromatic heterocycles. The van der Waals surface area contributed by atoms with Crippen molar-refractivity contribution in [2.45, 2.75) is 20.8 Å². The van der Waals surface area contributed by atoms with Crippen molar-refractivity contribution in [3.63, 3.8) is 0 Å². The van der Waals surface area contributed by atoms with Crippen molar-refractivity contribution in [3.8, 4) is 0 Å². The molecule has 0 atom stereocenters. The molecule has 26 heavy (non-hydrogen) atoms. The zero-order chi connectivity index (χ0) is 18.5. The highest BCUT2D eigenvalue weighted by Crippen LogP contribution is 2.23. The summed E-state index contributed by atoms with van der Waals surface area (Å²) in [4.78, 5) is 23.2. The van der Waals surface area contributed by atoms with Gasteiger partial charge in [-0.1, -0.05) is 30.3 Å². The van der Waals surface area contributed by atoms with Crippen LogP contribution < -0.4 is 10.2 Å². The average molecular weight is 346 g/mol. The number of benzene rings is 2. The number of hydrogen-bond donors (Lipinski definition) is 1. The molecule has 0 saturated heterocycles. The lowest BCUT2D eigenvalue weighted by Crippen LogP contribution is -2.20. The highest BCUT2D eigenvalue weighted by molar-refractivity contribution is 6.03. The summed E-state index contributed by atoms with van der Waals surface area (Å²) in [6, 6.07) is 17.5. The summed E-state index contributed by atoms with van der Waals surface area (Å²) in [5.74, 6) is 0.450. The van der Waals surface area contributed by atoms with Crippen molar-refractivity contribution in [2.75, 3.05) is 16.8 Å². The Kier molecular flexibility index (Phi) is 5.27. The maximum Gasteiger partial charge on any atom is 0.274 e.